The summed E-state index contributed by atoms with van der Waals surface area (Å²) in [6.07, 6.45) is 1.44. The zero-order chi connectivity index (χ0) is 18.0. The number of furan rings is 2. The van der Waals surface area contributed by atoms with Gasteiger partial charge in [0.25, 0.3) is 11.8 Å². The summed E-state index contributed by atoms with van der Waals surface area (Å²) in [5.74, 6) is 1.31. The van der Waals surface area contributed by atoms with Crippen LogP contribution in [0.15, 0.2) is 45.4 Å². The molecule has 6 nitrogen and oxygen atoms in total. The van der Waals surface area contributed by atoms with Crippen LogP contribution in [-0.2, 0) is 6.54 Å². The number of carbonyl (C=O) groups is 2. The van der Waals surface area contributed by atoms with E-state index in [0.29, 0.717) is 16.4 Å². The van der Waals surface area contributed by atoms with E-state index in [1.807, 2.05) is 26.0 Å². The van der Waals surface area contributed by atoms with Crippen molar-refractivity contribution >= 4 is 28.2 Å². The average molecular weight is 358 g/mol. The topological polar surface area (TPSA) is 75.7 Å². The van der Waals surface area contributed by atoms with Crippen molar-refractivity contribution in [2.75, 3.05) is 12.4 Å². The molecule has 0 bridgehead atoms. The standard InChI is InChI=1S/C18H18N2O4S/c1-11-9-15(19-17(21)14-5-4-8-23-14)25-16(11)18(22)20(3)10-13-7-6-12(2)24-13/h4-9H,10H2,1-3H3,(H,19,21). The maximum atomic E-state index is 12.7. The van der Waals surface area contributed by atoms with Crippen molar-refractivity contribution in [3.8, 4) is 0 Å². The molecular formula is C18H18N2O4S. The normalized spacial score (nSPS) is 10.7. The smallest absolute Gasteiger partial charge is 0.291 e. The zero-order valence-electron chi connectivity index (χ0n) is 14.2. The first-order valence-corrected chi connectivity index (χ1v) is 8.52. The Kier molecular flexibility index (Phi) is 4.76. The maximum Gasteiger partial charge on any atom is 0.291 e. The summed E-state index contributed by atoms with van der Waals surface area (Å²) in [5.41, 5.74) is 0.812. The summed E-state index contributed by atoms with van der Waals surface area (Å²) >= 11 is 1.24. The molecule has 0 atom stereocenters. The Morgan fingerprint density at radius 2 is 2.04 bits per heavy atom. The van der Waals surface area contributed by atoms with Gasteiger partial charge in [0.05, 0.1) is 22.7 Å². The third-order valence-electron chi connectivity index (χ3n) is 3.63. The fraction of sp³-hybridized carbons (Fsp3) is 0.222. The number of anilines is 1. The Labute approximate surface area is 149 Å². The Bertz CT molecular complexity index is 892. The van der Waals surface area contributed by atoms with Gasteiger partial charge in [-0.1, -0.05) is 0 Å². The molecule has 0 aromatic carbocycles. The third-order valence-corrected chi connectivity index (χ3v) is 4.77. The van der Waals surface area contributed by atoms with Gasteiger partial charge >= 0.3 is 0 Å². The molecule has 0 spiro atoms. The molecule has 130 valence electrons. The van der Waals surface area contributed by atoms with Crippen molar-refractivity contribution in [1.29, 1.82) is 0 Å². The second-order valence-electron chi connectivity index (χ2n) is 5.73. The minimum Gasteiger partial charge on any atom is -0.464 e. The van der Waals surface area contributed by atoms with E-state index in [0.717, 1.165) is 17.1 Å². The molecule has 0 saturated heterocycles. The van der Waals surface area contributed by atoms with E-state index in [1.165, 1.54) is 17.6 Å². The van der Waals surface area contributed by atoms with Crippen molar-refractivity contribution in [3.05, 3.63) is 64.3 Å². The van der Waals surface area contributed by atoms with Gasteiger partial charge in [0.2, 0.25) is 0 Å². The van der Waals surface area contributed by atoms with E-state index in [9.17, 15) is 9.59 Å². The first kappa shape index (κ1) is 17.0. The molecule has 3 aromatic rings. The van der Waals surface area contributed by atoms with Gasteiger partial charge in [-0.05, 0) is 49.7 Å². The van der Waals surface area contributed by atoms with Gasteiger partial charge < -0.3 is 19.1 Å². The molecule has 3 rings (SSSR count). The first-order chi connectivity index (χ1) is 11.9. The van der Waals surface area contributed by atoms with Gasteiger partial charge in [-0.3, -0.25) is 9.59 Å². The summed E-state index contributed by atoms with van der Waals surface area (Å²) in [6.45, 7) is 4.10. The molecule has 3 aromatic heterocycles. The molecule has 0 saturated carbocycles. The van der Waals surface area contributed by atoms with Crippen LogP contribution in [0.2, 0.25) is 0 Å². The molecule has 0 radical (unpaired) electrons. The molecule has 1 N–H and O–H groups in total. The fourth-order valence-electron chi connectivity index (χ4n) is 2.39. The summed E-state index contributed by atoms with van der Waals surface area (Å²) in [5, 5.41) is 3.35. The molecule has 0 unspecified atom stereocenters. The van der Waals surface area contributed by atoms with E-state index in [4.69, 9.17) is 8.83 Å². The largest absolute Gasteiger partial charge is 0.464 e. The number of aryl methyl sites for hydroxylation is 2. The highest BCUT2D eigenvalue weighted by Crippen LogP contribution is 2.28. The van der Waals surface area contributed by atoms with Crippen molar-refractivity contribution < 1.29 is 18.4 Å². The Balaban J connectivity index is 1.70. The first-order valence-electron chi connectivity index (χ1n) is 7.70. The zero-order valence-corrected chi connectivity index (χ0v) is 15.0. The molecule has 3 heterocycles. The highest BCUT2D eigenvalue weighted by molar-refractivity contribution is 7.18. The van der Waals surface area contributed by atoms with E-state index in [2.05, 4.69) is 5.32 Å². The van der Waals surface area contributed by atoms with Crippen LogP contribution in [0.3, 0.4) is 0 Å². The highest BCUT2D eigenvalue weighted by atomic mass is 32.1. The lowest BCUT2D eigenvalue weighted by Crippen LogP contribution is -2.25. The monoisotopic (exact) mass is 358 g/mol. The van der Waals surface area contributed by atoms with Gasteiger partial charge in [-0.25, -0.2) is 0 Å². The number of nitrogens with one attached hydrogen (secondary N) is 1. The Morgan fingerprint density at radius 1 is 1.24 bits per heavy atom. The van der Waals surface area contributed by atoms with Crippen LogP contribution in [-0.4, -0.2) is 23.8 Å². The molecule has 2 amide bonds. The molecule has 0 fully saturated rings. The van der Waals surface area contributed by atoms with E-state index < -0.39 is 0 Å². The number of carbonyl (C=O) groups excluding carboxylic acids is 2. The average Bonchev–Trinajstić information content (AvgIpc) is 3.28. The Morgan fingerprint density at radius 3 is 2.68 bits per heavy atom. The van der Waals surface area contributed by atoms with Gasteiger partial charge in [-0.2, -0.15) is 0 Å². The van der Waals surface area contributed by atoms with Crippen LogP contribution in [0.1, 0.15) is 37.3 Å². The lowest BCUT2D eigenvalue weighted by atomic mass is 10.2. The van der Waals surface area contributed by atoms with Crippen LogP contribution < -0.4 is 5.32 Å². The summed E-state index contributed by atoms with van der Waals surface area (Å²) in [6, 6.07) is 8.74. The quantitative estimate of drug-likeness (QED) is 0.746. The SMILES string of the molecule is Cc1ccc(CN(C)C(=O)c2sc(NC(=O)c3ccco3)cc2C)o1. The lowest BCUT2D eigenvalue weighted by molar-refractivity contribution is 0.0779. The van der Waals surface area contributed by atoms with E-state index in [1.54, 1.807) is 30.1 Å². The van der Waals surface area contributed by atoms with Crippen molar-refractivity contribution in [2.45, 2.75) is 20.4 Å². The minimum absolute atomic E-state index is 0.116. The number of hydrogen-bond acceptors (Lipinski definition) is 5. The number of amides is 2. The van der Waals surface area contributed by atoms with E-state index in [-0.39, 0.29) is 17.6 Å². The second kappa shape index (κ2) is 6.98. The van der Waals surface area contributed by atoms with Gasteiger partial charge in [0.1, 0.15) is 11.5 Å². The van der Waals surface area contributed by atoms with Crippen LogP contribution in [0, 0.1) is 13.8 Å². The summed E-state index contributed by atoms with van der Waals surface area (Å²) in [4.78, 5) is 26.9. The van der Waals surface area contributed by atoms with E-state index >= 15 is 0 Å². The highest BCUT2D eigenvalue weighted by Gasteiger charge is 2.20. The van der Waals surface area contributed by atoms with Gasteiger partial charge in [0.15, 0.2) is 5.76 Å². The molecular weight excluding hydrogens is 340 g/mol. The Hall–Kier alpha value is -2.80. The summed E-state index contributed by atoms with van der Waals surface area (Å²) < 4.78 is 10.6. The van der Waals surface area contributed by atoms with Crippen molar-refractivity contribution in [1.82, 2.24) is 4.90 Å². The number of rotatable bonds is 5. The predicted molar refractivity (Wildman–Crippen MR) is 95.0 cm³/mol. The predicted octanol–water partition coefficient (Wildman–Crippen LogP) is 4.08. The fourth-order valence-corrected chi connectivity index (χ4v) is 3.45. The molecule has 0 aliphatic rings. The number of nitrogens with zero attached hydrogens (tertiary/aromatic N) is 1. The van der Waals surface area contributed by atoms with Gasteiger partial charge in [-0.15, -0.1) is 11.3 Å². The number of hydrogen-bond donors (Lipinski definition) is 1. The third kappa shape index (κ3) is 3.83. The summed E-state index contributed by atoms with van der Waals surface area (Å²) in [7, 11) is 1.72. The van der Waals surface area contributed by atoms with Crippen LogP contribution >= 0.6 is 11.3 Å². The van der Waals surface area contributed by atoms with Crippen LogP contribution in [0.25, 0.3) is 0 Å². The maximum absolute atomic E-state index is 12.7. The van der Waals surface area contributed by atoms with Crippen molar-refractivity contribution in [3.63, 3.8) is 0 Å². The van der Waals surface area contributed by atoms with Gasteiger partial charge in [0, 0.05) is 7.05 Å². The molecule has 0 aliphatic heterocycles. The van der Waals surface area contributed by atoms with Crippen molar-refractivity contribution in [2.24, 2.45) is 0 Å². The molecule has 0 aliphatic carbocycles. The lowest BCUT2D eigenvalue weighted by Gasteiger charge is -2.15. The number of thiophene rings is 1. The van der Waals surface area contributed by atoms with Crippen LogP contribution in [0.5, 0.6) is 0 Å². The minimum atomic E-state index is -0.343. The van der Waals surface area contributed by atoms with Crippen LogP contribution in [0.4, 0.5) is 5.00 Å². The second-order valence-corrected chi connectivity index (χ2v) is 6.78. The molecule has 7 heteroatoms. The molecule has 25 heavy (non-hydrogen) atoms.